The van der Waals surface area contributed by atoms with Crippen LogP contribution in [-0.4, -0.2) is 31.6 Å². The minimum Gasteiger partial charge on any atom is -0.394 e. The monoisotopic (exact) mass is 272 g/mol. The lowest BCUT2D eigenvalue weighted by atomic mass is 10.1. The molecule has 0 bridgehead atoms. The maximum absolute atomic E-state index is 12.2. The van der Waals surface area contributed by atoms with E-state index in [1.807, 2.05) is 6.07 Å². The van der Waals surface area contributed by atoms with Crippen molar-refractivity contribution in [3.63, 3.8) is 0 Å². The van der Waals surface area contributed by atoms with Crippen LogP contribution in [0.2, 0.25) is 0 Å². The minimum atomic E-state index is -0.384. The Morgan fingerprint density at radius 3 is 2.95 bits per heavy atom. The number of aromatic nitrogens is 4. The smallest absolute Gasteiger partial charge is 0.296 e. The second-order valence-corrected chi connectivity index (χ2v) is 4.28. The molecule has 0 aliphatic carbocycles. The Hall–Kier alpha value is -2.54. The van der Waals surface area contributed by atoms with E-state index in [0.717, 1.165) is 0 Å². The Kier molecular flexibility index (Phi) is 3.03. The number of nitrogens with zero attached hydrogens (tertiary/aromatic N) is 4. The van der Waals surface area contributed by atoms with Gasteiger partial charge >= 0.3 is 0 Å². The van der Waals surface area contributed by atoms with Gasteiger partial charge in [0.2, 0.25) is 0 Å². The zero-order chi connectivity index (χ0) is 14.1. The SMILES string of the molecule is Cc1onc2c(=O)n(CCO)nc(-c3ccccn3)c12. The fourth-order valence-electron chi connectivity index (χ4n) is 2.06. The van der Waals surface area contributed by atoms with Crippen molar-refractivity contribution < 1.29 is 9.63 Å². The van der Waals surface area contributed by atoms with Crippen molar-refractivity contribution >= 4 is 10.9 Å². The molecule has 3 heterocycles. The fourth-order valence-corrected chi connectivity index (χ4v) is 2.06. The van der Waals surface area contributed by atoms with E-state index in [1.54, 1.807) is 25.3 Å². The highest BCUT2D eigenvalue weighted by Crippen LogP contribution is 2.25. The summed E-state index contributed by atoms with van der Waals surface area (Å²) in [5.74, 6) is 0.515. The quantitative estimate of drug-likeness (QED) is 0.756. The number of aliphatic hydroxyl groups excluding tert-OH is 1. The second kappa shape index (κ2) is 4.86. The number of hydrogen-bond acceptors (Lipinski definition) is 6. The van der Waals surface area contributed by atoms with Gasteiger partial charge in [0.15, 0.2) is 5.52 Å². The van der Waals surface area contributed by atoms with Crippen molar-refractivity contribution in [1.82, 2.24) is 19.9 Å². The predicted molar refractivity (Wildman–Crippen MR) is 71.1 cm³/mol. The molecule has 0 fully saturated rings. The number of rotatable bonds is 3. The van der Waals surface area contributed by atoms with Crippen LogP contribution in [0.1, 0.15) is 5.76 Å². The summed E-state index contributed by atoms with van der Waals surface area (Å²) in [6, 6.07) is 5.42. The van der Waals surface area contributed by atoms with Crippen molar-refractivity contribution in [2.75, 3.05) is 6.61 Å². The molecule has 102 valence electrons. The number of hydrogen-bond donors (Lipinski definition) is 1. The normalized spacial score (nSPS) is 11.1. The first-order valence-corrected chi connectivity index (χ1v) is 6.11. The van der Waals surface area contributed by atoms with Gasteiger partial charge in [0.1, 0.15) is 11.5 Å². The predicted octanol–water partition coefficient (Wildman–Crippen LogP) is 0.747. The number of aliphatic hydroxyl groups is 1. The third-order valence-corrected chi connectivity index (χ3v) is 2.98. The molecule has 20 heavy (non-hydrogen) atoms. The van der Waals surface area contributed by atoms with Crippen LogP contribution in [0.25, 0.3) is 22.3 Å². The molecule has 0 aromatic carbocycles. The standard InChI is InChI=1S/C13H12N4O3/c1-8-10-11(9-4-2-3-5-14-9)15-17(6-7-18)13(19)12(10)16-20-8/h2-5,18H,6-7H2,1H3. The Bertz CT molecular complexity index is 808. The van der Waals surface area contributed by atoms with Crippen LogP contribution in [0.5, 0.6) is 0 Å². The van der Waals surface area contributed by atoms with Gasteiger partial charge in [-0.2, -0.15) is 5.10 Å². The lowest BCUT2D eigenvalue weighted by Crippen LogP contribution is -2.25. The van der Waals surface area contributed by atoms with Gasteiger partial charge in [0, 0.05) is 6.20 Å². The number of pyridine rings is 1. The molecule has 0 saturated carbocycles. The van der Waals surface area contributed by atoms with Gasteiger partial charge in [-0.15, -0.1) is 0 Å². The molecule has 7 heteroatoms. The summed E-state index contributed by atoms with van der Waals surface area (Å²) >= 11 is 0. The zero-order valence-corrected chi connectivity index (χ0v) is 10.8. The van der Waals surface area contributed by atoms with E-state index in [1.165, 1.54) is 4.68 Å². The number of fused-ring (bicyclic) bond motifs is 1. The third-order valence-electron chi connectivity index (χ3n) is 2.98. The van der Waals surface area contributed by atoms with E-state index in [4.69, 9.17) is 9.63 Å². The average Bonchev–Trinajstić information content (AvgIpc) is 2.86. The lowest BCUT2D eigenvalue weighted by molar-refractivity contribution is 0.266. The molecule has 0 unspecified atom stereocenters. The Morgan fingerprint density at radius 1 is 1.40 bits per heavy atom. The van der Waals surface area contributed by atoms with Crippen LogP contribution in [0, 0.1) is 6.92 Å². The van der Waals surface area contributed by atoms with Gasteiger partial charge in [-0.1, -0.05) is 11.2 Å². The van der Waals surface area contributed by atoms with Gasteiger partial charge in [-0.05, 0) is 19.1 Å². The molecule has 0 radical (unpaired) electrons. The molecule has 0 atom stereocenters. The summed E-state index contributed by atoms with van der Waals surface area (Å²) < 4.78 is 6.27. The number of aryl methyl sites for hydroxylation is 1. The van der Waals surface area contributed by atoms with Crippen LogP contribution >= 0.6 is 0 Å². The summed E-state index contributed by atoms with van der Waals surface area (Å²) in [4.78, 5) is 16.4. The maximum Gasteiger partial charge on any atom is 0.296 e. The highest BCUT2D eigenvalue weighted by atomic mass is 16.5. The Labute approximate surface area is 113 Å². The van der Waals surface area contributed by atoms with Gasteiger partial charge in [-0.25, -0.2) is 4.68 Å². The van der Waals surface area contributed by atoms with E-state index in [-0.39, 0.29) is 24.2 Å². The summed E-state index contributed by atoms with van der Waals surface area (Å²) in [6.45, 7) is 1.64. The van der Waals surface area contributed by atoms with E-state index in [9.17, 15) is 4.79 Å². The zero-order valence-electron chi connectivity index (χ0n) is 10.8. The van der Waals surface area contributed by atoms with Crippen LogP contribution in [0.3, 0.4) is 0 Å². The Morgan fingerprint density at radius 2 is 2.25 bits per heavy atom. The molecule has 0 saturated heterocycles. The molecule has 3 aromatic heterocycles. The van der Waals surface area contributed by atoms with Crippen molar-refractivity contribution in [2.45, 2.75) is 13.5 Å². The first kappa shape index (κ1) is 12.5. The molecule has 0 aliphatic heterocycles. The summed E-state index contributed by atoms with van der Waals surface area (Å²) in [7, 11) is 0. The van der Waals surface area contributed by atoms with Crippen LogP contribution < -0.4 is 5.56 Å². The van der Waals surface area contributed by atoms with E-state index in [0.29, 0.717) is 22.5 Å². The van der Waals surface area contributed by atoms with Crippen LogP contribution in [0.4, 0.5) is 0 Å². The molecule has 3 aromatic rings. The summed E-state index contributed by atoms with van der Waals surface area (Å²) in [6.07, 6.45) is 1.65. The highest BCUT2D eigenvalue weighted by molar-refractivity contribution is 5.91. The second-order valence-electron chi connectivity index (χ2n) is 4.28. The molecule has 0 aliphatic rings. The van der Waals surface area contributed by atoms with Crippen LogP contribution in [-0.2, 0) is 6.54 Å². The maximum atomic E-state index is 12.2. The van der Waals surface area contributed by atoms with Gasteiger partial charge in [0.25, 0.3) is 5.56 Å². The van der Waals surface area contributed by atoms with Crippen molar-refractivity contribution in [3.05, 3.63) is 40.5 Å². The fraction of sp³-hybridized carbons (Fsp3) is 0.231. The van der Waals surface area contributed by atoms with E-state index >= 15 is 0 Å². The van der Waals surface area contributed by atoms with Gasteiger partial charge in [-0.3, -0.25) is 9.78 Å². The molecular formula is C13H12N4O3. The summed E-state index contributed by atoms with van der Waals surface area (Å²) in [5, 5.41) is 17.6. The first-order valence-electron chi connectivity index (χ1n) is 6.11. The lowest BCUT2D eigenvalue weighted by Gasteiger charge is -2.06. The molecular weight excluding hydrogens is 260 g/mol. The van der Waals surface area contributed by atoms with Gasteiger partial charge in [0.05, 0.1) is 24.2 Å². The average molecular weight is 272 g/mol. The van der Waals surface area contributed by atoms with Crippen molar-refractivity contribution in [1.29, 1.82) is 0 Å². The third kappa shape index (κ3) is 1.88. The molecule has 0 amide bonds. The molecule has 0 spiro atoms. The van der Waals surface area contributed by atoms with Crippen molar-refractivity contribution in [3.8, 4) is 11.4 Å². The van der Waals surface area contributed by atoms with Crippen LogP contribution in [0.15, 0.2) is 33.7 Å². The first-order chi connectivity index (χ1) is 9.72. The van der Waals surface area contributed by atoms with Gasteiger partial charge < -0.3 is 9.63 Å². The van der Waals surface area contributed by atoms with Crippen molar-refractivity contribution in [2.24, 2.45) is 0 Å². The summed E-state index contributed by atoms with van der Waals surface area (Å²) in [5.41, 5.74) is 0.958. The minimum absolute atomic E-state index is 0.0977. The topological polar surface area (TPSA) is 94.0 Å². The van der Waals surface area contributed by atoms with E-state index in [2.05, 4.69) is 15.2 Å². The molecule has 1 N–H and O–H groups in total. The highest BCUT2D eigenvalue weighted by Gasteiger charge is 2.18. The largest absolute Gasteiger partial charge is 0.394 e. The molecule has 7 nitrogen and oxygen atoms in total. The molecule has 3 rings (SSSR count). The Balaban J connectivity index is 2.38. The van der Waals surface area contributed by atoms with E-state index < -0.39 is 0 Å².